The molecule has 0 unspecified atom stereocenters. The van der Waals surface area contributed by atoms with Gasteiger partial charge in [-0.25, -0.2) is 4.98 Å². The average molecular weight is 355 g/mol. The molecule has 0 atom stereocenters. The second-order valence-corrected chi connectivity index (χ2v) is 7.49. The van der Waals surface area contributed by atoms with Crippen LogP contribution in [0.4, 0.5) is 5.69 Å². The van der Waals surface area contributed by atoms with E-state index < -0.39 is 0 Å². The first kappa shape index (κ1) is 16.7. The van der Waals surface area contributed by atoms with E-state index in [1.54, 1.807) is 11.3 Å². The normalized spacial score (nSPS) is 10.5. The molecule has 1 heterocycles. The first-order chi connectivity index (χ1) is 11.7. The molecule has 0 spiro atoms. The van der Waals surface area contributed by atoms with Gasteiger partial charge in [-0.15, -0.1) is 11.3 Å². The molecule has 0 aliphatic heterocycles. The fourth-order valence-corrected chi connectivity index (χ4v) is 3.97. The zero-order valence-electron chi connectivity index (χ0n) is 13.4. The molecule has 122 valence electrons. The summed E-state index contributed by atoms with van der Waals surface area (Å²) in [4.78, 5) is 16.6. The zero-order chi connectivity index (χ0) is 16.8. The Morgan fingerprint density at radius 1 is 1.12 bits per heavy atom. The van der Waals surface area contributed by atoms with Crippen molar-refractivity contribution >= 4 is 34.7 Å². The molecular formula is C19H18N2OS2. The predicted molar refractivity (Wildman–Crippen MR) is 102 cm³/mol. The van der Waals surface area contributed by atoms with Crippen LogP contribution in [-0.4, -0.2) is 16.6 Å². The first-order valence-corrected chi connectivity index (χ1v) is 9.54. The van der Waals surface area contributed by atoms with Crippen LogP contribution in [0.5, 0.6) is 0 Å². The van der Waals surface area contributed by atoms with Gasteiger partial charge in [0, 0.05) is 16.8 Å². The van der Waals surface area contributed by atoms with E-state index in [4.69, 9.17) is 0 Å². The Morgan fingerprint density at radius 2 is 1.88 bits per heavy atom. The van der Waals surface area contributed by atoms with E-state index in [1.165, 1.54) is 17.3 Å². The van der Waals surface area contributed by atoms with E-state index in [0.717, 1.165) is 27.7 Å². The highest BCUT2D eigenvalue weighted by molar-refractivity contribution is 8.01. The number of aryl methyl sites for hydroxylation is 1. The number of carbonyl (C=O) groups excluding carboxylic acids is 1. The van der Waals surface area contributed by atoms with Gasteiger partial charge in [-0.05, 0) is 30.5 Å². The van der Waals surface area contributed by atoms with Gasteiger partial charge < -0.3 is 5.32 Å². The summed E-state index contributed by atoms with van der Waals surface area (Å²) in [5.74, 6) is 0.362. The van der Waals surface area contributed by atoms with E-state index >= 15 is 0 Å². The van der Waals surface area contributed by atoms with Gasteiger partial charge in [0.25, 0.3) is 0 Å². The minimum atomic E-state index is -0.00614. The van der Waals surface area contributed by atoms with Gasteiger partial charge in [-0.3, -0.25) is 4.79 Å². The number of nitrogens with one attached hydrogen (secondary N) is 1. The SMILES string of the molecule is Cc1csc(SCC(=O)Nc2ccccc2Cc2ccccc2)n1. The fourth-order valence-electron chi connectivity index (χ4n) is 2.32. The Labute approximate surface area is 150 Å². The molecule has 1 aromatic heterocycles. The lowest BCUT2D eigenvalue weighted by Gasteiger charge is -2.11. The summed E-state index contributed by atoms with van der Waals surface area (Å²) in [6.45, 7) is 1.96. The number of para-hydroxylation sites is 1. The molecule has 1 amide bonds. The van der Waals surface area contributed by atoms with Crippen LogP contribution >= 0.6 is 23.1 Å². The molecule has 3 rings (SSSR count). The molecule has 0 fully saturated rings. The highest BCUT2D eigenvalue weighted by Crippen LogP contribution is 2.23. The van der Waals surface area contributed by atoms with Crippen molar-refractivity contribution in [3.63, 3.8) is 0 Å². The summed E-state index contributed by atoms with van der Waals surface area (Å²) in [6.07, 6.45) is 0.802. The van der Waals surface area contributed by atoms with Crippen molar-refractivity contribution in [3.8, 4) is 0 Å². The quantitative estimate of drug-likeness (QED) is 0.648. The van der Waals surface area contributed by atoms with E-state index in [2.05, 4.69) is 28.5 Å². The topological polar surface area (TPSA) is 42.0 Å². The largest absolute Gasteiger partial charge is 0.325 e. The average Bonchev–Trinajstić information content (AvgIpc) is 3.01. The summed E-state index contributed by atoms with van der Waals surface area (Å²) >= 11 is 3.05. The summed E-state index contributed by atoms with van der Waals surface area (Å²) in [7, 11) is 0. The van der Waals surface area contributed by atoms with Gasteiger partial charge in [-0.2, -0.15) is 0 Å². The van der Waals surface area contributed by atoms with E-state index in [-0.39, 0.29) is 5.91 Å². The summed E-state index contributed by atoms with van der Waals surface area (Å²) in [6, 6.07) is 18.2. The van der Waals surface area contributed by atoms with Crippen LogP contribution in [0, 0.1) is 6.92 Å². The van der Waals surface area contributed by atoms with E-state index in [0.29, 0.717) is 5.75 Å². The monoisotopic (exact) mass is 354 g/mol. The van der Waals surface area contributed by atoms with Crippen LogP contribution in [0.15, 0.2) is 64.3 Å². The minimum absolute atomic E-state index is 0.00614. The minimum Gasteiger partial charge on any atom is -0.325 e. The number of thioether (sulfide) groups is 1. The number of aromatic nitrogens is 1. The number of thiazole rings is 1. The number of hydrogen-bond acceptors (Lipinski definition) is 4. The van der Waals surface area contributed by atoms with Crippen molar-refractivity contribution in [2.75, 3.05) is 11.1 Å². The van der Waals surface area contributed by atoms with Crippen LogP contribution < -0.4 is 5.32 Å². The molecule has 0 aliphatic carbocycles. The van der Waals surface area contributed by atoms with Gasteiger partial charge in [-0.1, -0.05) is 60.3 Å². The molecule has 0 bridgehead atoms. The standard InChI is InChI=1S/C19H18N2OS2/c1-14-12-23-19(20-14)24-13-18(22)21-17-10-6-5-9-16(17)11-15-7-3-2-4-8-15/h2-10,12H,11,13H2,1H3,(H,21,22). The maximum Gasteiger partial charge on any atom is 0.234 e. The lowest BCUT2D eigenvalue weighted by molar-refractivity contribution is -0.113. The number of carbonyl (C=O) groups is 1. The highest BCUT2D eigenvalue weighted by atomic mass is 32.2. The van der Waals surface area contributed by atoms with Crippen molar-refractivity contribution in [1.82, 2.24) is 4.98 Å². The molecular weight excluding hydrogens is 336 g/mol. The smallest absolute Gasteiger partial charge is 0.234 e. The van der Waals surface area contributed by atoms with Crippen molar-refractivity contribution in [3.05, 3.63) is 76.8 Å². The molecule has 0 saturated carbocycles. The Balaban J connectivity index is 1.63. The van der Waals surface area contributed by atoms with Crippen LogP contribution in [0.3, 0.4) is 0 Å². The maximum absolute atomic E-state index is 12.2. The molecule has 1 N–H and O–H groups in total. The highest BCUT2D eigenvalue weighted by Gasteiger charge is 2.09. The van der Waals surface area contributed by atoms with Crippen LogP contribution in [0.2, 0.25) is 0 Å². The predicted octanol–water partition coefficient (Wildman–Crippen LogP) is 4.77. The molecule has 0 radical (unpaired) electrons. The van der Waals surface area contributed by atoms with E-state index in [9.17, 15) is 4.79 Å². The Bertz CT molecular complexity index is 815. The Kier molecular flexibility index (Phi) is 5.67. The number of amides is 1. The molecule has 2 aromatic carbocycles. The lowest BCUT2D eigenvalue weighted by atomic mass is 10.0. The van der Waals surface area contributed by atoms with Crippen molar-refractivity contribution in [2.45, 2.75) is 17.7 Å². The second-order valence-electron chi connectivity index (χ2n) is 5.41. The van der Waals surface area contributed by atoms with Gasteiger partial charge in [0.15, 0.2) is 4.34 Å². The van der Waals surface area contributed by atoms with Gasteiger partial charge in [0.05, 0.1) is 5.75 Å². The summed E-state index contributed by atoms with van der Waals surface area (Å²) in [5.41, 5.74) is 4.22. The Hall–Kier alpha value is -2.11. The number of rotatable bonds is 6. The number of hydrogen-bond donors (Lipinski definition) is 1. The molecule has 3 aromatic rings. The lowest BCUT2D eigenvalue weighted by Crippen LogP contribution is -2.15. The third kappa shape index (κ3) is 4.69. The number of benzene rings is 2. The van der Waals surface area contributed by atoms with Crippen molar-refractivity contribution < 1.29 is 4.79 Å². The molecule has 24 heavy (non-hydrogen) atoms. The second kappa shape index (κ2) is 8.13. The van der Waals surface area contributed by atoms with Crippen LogP contribution in [-0.2, 0) is 11.2 Å². The van der Waals surface area contributed by atoms with Gasteiger partial charge in [0.1, 0.15) is 0 Å². The summed E-state index contributed by atoms with van der Waals surface area (Å²) in [5, 5.41) is 5.02. The third-order valence-corrected chi connectivity index (χ3v) is 5.59. The number of anilines is 1. The first-order valence-electron chi connectivity index (χ1n) is 7.67. The van der Waals surface area contributed by atoms with Crippen LogP contribution in [0.25, 0.3) is 0 Å². The van der Waals surface area contributed by atoms with Gasteiger partial charge in [0.2, 0.25) is 5.91 Å². The Morgan fingerprint density at radius 3 is 2.62 bits per heavy atom. The maximum atomic E-state index is 12.2. The van der Waals surface area contributed by atoms with Crippen molar-refractivity contribution in [2.24, 2.45) is 0 Å². The zero-order valence-corrected chi connectivity index (χ0v) is 15.0. The summed E-state index contributed by atoms with van der Waals surface area (Å²) < 4.78 is 0.931. The van der Waals surface area contributed by atoms with E-state index in [1.807, 2.05) is 48.7 Å². The number of nitrogens with zero attached hydrogens (tertiary/aromatic N) is 1. The van der Waals surface area contributed by atoms with Crippen LogP contribution in [0.1, 0.15) is 16.8 Å². The molecule has 0 saturated heterocycles. The molecule has 3 nitrogen and oxygen atoms in total. The third-order valence-electron chi connectivity index (χ3n) is 3.45. The van der Waals surface area contributed by atoms with Gasteiger partial charge >= 0.3 is 0 Å². The fraction of sp³-hybridized carbons (Fsp3) is 0.158. The molecule has 0 aliphatic rings. The molecule has 5 heteroatoms. The van der Waals surface area contributed by atoms with Crippen molar-refractivity contribution in [1.29, 1.82) is 0 Å².